The summed E-state index contributed by atoms with van der Waals surface area (Å²) in [6, 6.07) is 12.3. The van der Waals surface area contributed by atoms with Crippen molar-refractivity contribution in [2.45, 2.75) is 5.92 Å². The topological polar surface area (TPSA) is 94.4 Å². The molecule has 0 aliphatic rings. The highest BCUT2D eigenvalue weighted by atomic mass is 16.5. The summed E-state index contributed by atoms with van der Waals surface area (Å²) in [5.74, 6) is -1.20. The maximum absolute atomic E-state index is 12.3. The molecule has 2 aromatic carbocycles. The van der Waals surface area contributed by atoms with Crippen LogP contribution in [-0.2, 0) is 9.53 Å². The summed E-state index contributed by atoms with van der Waals surface area (Å²) in [6.07, 6.45) is 1.73. The third kappa shape index (κ3) is 2.94. The van der Waals surface area contributed by atoms with Gasteiger partial charge in [-0.15, -0.1) is 0 Å². The van der Waals surface area contributed by atoms with Crippen molar-refractivity contribution in [3.8, 4) is 5.75 Å². The largest absolute Gasteiger partial charge is 0.497 e. The number of methoxy groups -OCH3 is 2. The van der Waals surface area contributed by atoms with Gasteiger partial charge in [-0.3, -0.25) is 4.79 Å². The minimum absolute atomic E-state index is 0.311. The number of primary amides is 1. The molecule has 6 nitrogen and oxygen atoms in total. The number of carbonyl (C=O) groups excluding carboxylic acids is 2. The number of carbonyl (C=O) groups is 2. The Morgan fingerprint density at radius 3 is 2.52 bits per heavy atom. The highest BCUT2D eigenvalue weighted by Gasteiger charge is 2.28. The quantitative estimate of drug-likeness (QED) is 0.699. The van der Waals surface area contributed by atoms with E-state index in [-0.39, 0.29) is 0 Å². The molecule has 128 valence electrons. The van der Waals surface area contributed by atoms with Crippen LogP contribution >= 0.6 is 0 Å². The zero-order chi connectivity index (χ0) is 18.0. The molecule has 1 heterocycles. The van der Waals surface area contributed by atoms with E-state index in [0.717, 1.165) is 10.9 Å². The SMILES string of the molecule is COC(=O)c1ccccc1C(C(N)=O)c1c[nH]c2ccc(OC)cc12. The normalized spacial score (nSPS) is 11.9. The lowest BCUT2D eigenvalue weighted by Gasteiger charge is -2.16. The average molecular weight is 338 g/mol. The van der Waals surface area contributed by atoms with E-state index in [4.69, 9.17) is 15.2 Å². The van der Waals surface area contributed by atoms with Gasteiger partial charge in [-0.25, -0.2) is 4.79 Å². The minimum Gasteiger partial charge on any atom is -0.497 e. The zero-order valence-electron chi connectivity index (χ0n) is 13.9. The molecule has 3 N–H and O–H groups in total. The first-order valence-electron chi connectivity index (χ1n) is 7.68. The smallest absolute Gasteiger partial charge is 0.338 e. The van der Waals surface area contributed by atoms with E-state index in [1.807, 2.05) is 18.2 Å². The highest BCUT2D eigenvalue weighted by molar-refractivity contribution is 5.98. The molecule has 1 aromatic heterocycles. The van der Waals surface area contributed by atoms with Gasteiger partial charge in [-0.05, 0) is 35.4 Å². The van der Waals surface area contributed by atoms with Crippen molar-refractivity contribution >= 4 is 22.8 Å². The van der Waals surface area contributed by atoms with Crippen molar-refractivity contribution in [3.05, 3.63) is 65.4 Å². The molecule has 0 bridgehead atoms. The predicted molar refractivity (Wildman–Crippen MR) is 93.7 cm³/mol. The monoisotopic (exact) mass is 338 g/mol. The third-order valence-corrected chi connectivity index (χ3v) is 4.19. The van der Waals surface area contributed by atoms with Gasteiger partial charge in [0.15, 0.2) is 0 Å². The number of aromatic amines is 1. The molecular formula is C19H18N2O4. The first-order chi connectivity index (χ1) is 12.1. The molecule has 1 atom stereocenters. The number of fused-ring (bicyclic) bond motifs is 1. The summed E-state index contributed by atoms with van der Waals surface area (Å²) in [5.41, 5.74) is 8.04. The van der Waals surface area contributed by atoms with Crippen molar-refractivity contribution in [1.82, 2.24) is 4.98 Å². The molecule has 0 spiro atoms. The number of aromatic nitrogens is 1. The second-order valence-corrected chi connectivity index (χ2v) is 5.57. The fourth-order valence-corrected chi connectivity index (χ4v) is 3.01. The van der Waals surface area contributed by atoms with Crippen molar-refractivity contribution in [3.63, 3.8) is 0 Å². The molecule has 3 rings (SSSR count). The number of nitrogens with two attached hydrogens (primary N) is 1. The molecule has 0 saturated heterocycles. The molecule has 3 aromatic rings. The van der Waals surface area contributed by atoms with Crippen LogP contribution < -0.4 is 10.5 Å². The minimum atomic E-state index is -0.795. The van der Waals surface area contributed by atoms with Crippen LogP contribution in [0.3, 0.4) is 0 Å². The number of rotatable bonds is 5. The van der Waals surface area contributed by atoms with Crippen molar-refractivity contribution in [2.24, 2.45) is 5.73 Å². The molecule has 25 heavy (non-hydrogen) atoms. The summed E-state index contributed by atoms with van der Waals surface area (Å²) in [4.78, 5) is 27.5. The number of esters is 1. The number of nitrogens with one attached hydrogen (secondary N) is 1. The van der Waals surface area contributed by atoms with Crippen LogP contribution in [0.5, 0.6) is 5.75 Å². The molecule has 1 unspecified atom stereocenters. The Morgan fingerprint density at radius 1 is 1.08 bits per heavy atom. The number of H-pyrrole nitrogens is 1. The Labute approximate surface area is 144 Å². The molecule has 6 heteroatoms. The second kappa shape index (κ2) is 6.68. The standard InChI is InChI=1S/C19H18N2O4/c1-24-11-7-8-16-14(9-11)15(10-21-16)17(18(20)22)12-5-3-4-6-13(12)19(23)25-2/h3-10,17,21H,1-2H3,(H2,20,22). The lowest BCUT2D eigenvalue weighted by Crippen LogP contribution is -2.24. The van der Waals surface area contributed by atoms with Crippen LogP contribution in [0.1, 0.15) is 27.4 Å². The summed E-state index contributed by atoms with van der Waals surface area (Å²) in [5, 5.41) is 0.808. The van der Waals surface area contributed by atoms with Gasteiger partial charge in [0, 0.05) is 17.1 Å². The van der Waals surface area contributed by atoms with Gasteiger partial charge < -0.3 is 20.2 Å². The first-order valence-corrected chi connectivity index (χ1v) is 7.68. The van der Waals surface area contributed by atoms with Gasteiger partial charge >= 0.3 is 5.97 Å². The Bertz CT molecular complexity index is 946. The van der Waals surface area contributed by atoms with Gasteiger partial charge in [0.25, 0.3) is 0 Å². The van der Waals surface area contributed by atoms with E-state index in [1.165, 1.54) is 7.11 Å². The number of hydrogen-bond donors (Lipinski definition) is 2. The predicted octanol–water partition coefficient (Wildman–Crippen LogP) is 2.58. The van der Waals surface area contributed by atoms with Gasteiger partial charge in [0.2, 0.25) is 5.91 Å². The third-order valence-electron chi connectivity index (χ3n) is 4.19. The zero-order valence-corrected chi connectivity index (χ0v) is 13.9. The first kappa shape index (κ1) is 16.6. The van der Waals surface area contributed by atoms with Crippen LogP contribution in [0.2, 0.25) is 0 Å². The molecule has 1 amide bonds. The van der Waals surface area contributed by atoms with Gasteiger partial charge in [0.05, 0.1) is 25.7 Å². The van der Waals surface area contributed by atoms with E-state index in [1.54, 1.807) is 37.6 Å². The second-order valence-electron chi connectivity index (χ2n) is 5.57. The number of hydrogen-bond acceptors (Lipinski definition) is 4. The van der Waals surface area contributed by atoms with Gasteiger partial charge in [0.1, 0.15) is 5.75 Å². The lowest BCUT2D eigenvalue weighted by molar-refractivity contribution is -0.118. The molecular weight excluding hydrogens is 320 g/mol. The van der Waals surface area contributed by atoms with E-state index >= 15 is 0 Å². The Kier molecular flexibility index (Phi) is 4.43. The van der Waals surface area contributed by atoms with E-state index in [0.29, 0.717) is 22.4 Å². The molecule has 0 aliphatic heterocycles. The Hall–Kier alpha value is -3.28. The van der Waals surface area contributed by atoms with Crippen LogP contribution in [0.4, 0.5) is 0 Å². The van der Waals surface area contributed by atoms with Gasteiger partial charge in [-0.1, -0.05) is 18.2 Å². The van der Waals surface area contributed by atoms with E-state index < -0.39 is 17.8 Å². The van der Waals surface area contributed by atoms with E-state index in [9.17, 15) is 9.59 Å². The van der Waals surface area contributed by atoms with Crippen molar-refractivity contribution in [2.75, 3.05) is 14.2 Å². The van der Waals surface area contributed by atoms with Gasteiger partial charge in [-0.2, -0.15) is 0 Å². The maximum atomic E-state index is 12.3. The molecule has 0 aliphatic carbocycles. The lowest BCUT2D eigenvalue weighted by atomic mass is 9.87. The summed E-state index contributed by atoms with van der Waals surface area (Å²) < 4.78 is 10.1. The molecule has 0 fully saturated rings. The van der Waals surface area contributed by atoms with Crippen LogP contribution in [0.15, 0.2) is 48.7 Å². The Morgan fingerprint density at radius 2 is 1.84 bits per heavy atom. The number of benzene rings is 2. The van der Waals surface area contributed by atoms with Crippen LogP contribution in [0.25, 0.3) is 10.9 Å². The summed E-state index contributed by atoms with van der Waals surface area (Å²) >= 11 is 0. The maximum Gasteiger partial charge on any atom is 0.338 e. The number of ether oxygens (including phenoxy) is 2. The highest BCUT2D eigenvalue weighted by Crippen LogP contribution is 2.34. The summed E-state index contributed by atoms with van der Waals surface area (Å²) in [7, 11) is 2.88. The van der Waals surface area contributed by atoms with Crippen LogP contribution in [-0.4, -0.2) is 31.1 Å². The molecule has 0 radical (unpaired) electrons. The van der Waals surface area contributed by atoms with E-state index in [2.05, 4.69) is 4.98 Å². The Balaban J connectivity index is 2.22. The van der Waals surface area contributed by atoms with Crippen molar-refractivity contribution < 1.29 is 19.1 Å². The van der Waals surface area contributed by atoms with Crippen LogP contribution in [0, 0.1) is 0 Å². The fourth-order valence-electron chi connectivity index (χ4n) is 3.01. The average Bonchev–Trinajstić information content (AvgIpc) is 3.04. The van der Waals surface area contributed by atoms with Crippen molar-refractivity contribution in [1.29, 1.82) is 0 Å². The molecule has 0 saturated carbocycles. The fraction of sp³-hybridized carbons (Fsp3) is 0.158. The number of amides is 1. The summed E-state index contributed by atoms with van der Waals surface area (Å²) in [6.45, 7) is 0.